The van der Waals surface area contributed by atoms with E-state index >= 15 is 0 Å². The quantitative estimate of drug-likeness (QED) is 0.722. The van der Waals surface area contributed by atoms with Crippen molar-refractivity contribution >= 4 is 11.4 Å². The van der Waals surface area contributed by atoms with Gasteiger partial charge in [0.05, 0.1) is 11.4 Å². The second kappa shape index (κ2) is 4.13. The van der Waals surface area contributed by atoms with Gasteiger partial charge in [0.1, 0.15) is 0 Å². The molecule has 1 aromatic carbocycles. The monoisotopic (exact) mass is 204 g/mol. The third-order valence-corrected chi connectivity index (χ3v) is 3.35. The first-order chi connectivity index (χ1) is 7.26. The maximum Gasteiger partial charge on any atom is 0.0574 e. The van der Waals surface area contributed by atoms with Gasteiger partial charge in [0.15, 0.2) is 0 Å². The maximum atomic E-state index is 5.88. The second-order valence-corrected chi connectivity index (χ2v) is 4.69. The van der Waals surface area contributed by atoms with Crippen LogP contribution >= 0.6 is 0 Å². The topological polar surface area (TPSA) is 38.0 Å². The van der Waals surface area contributed by atoms with E-state index in [0.29, 0.717) is 5.41 Å². The van der Waals surface area contributed by atoms with Crippen LogP contribution in [0, 0.1) is 5.41 Å². The van der Waals surface area contributed by atoms with E-state index in [1.807, 2.05) is 18.2 Å². The van der Waals surface area contributed by atoms with E-state index < -0.39 is 0 Å². The summed E-state index contributed by atoms with van der Waals surface area (Å²) < 4.78 is 0. The zero-order chi connectivity index (χ0) is 10.7. The zero-order valence-electron chi connectivity index (χ0n) is 9.42. The van der Waals surface area contributed by atoms with Crippen LogP contribution in [-0.2, 0) is 0 Å². The summed E-state index contributed by atoms with van der Waals surface area (Å²) in [4.78, 5) is 0. The fourth-order valence-electron chi connectivity index (χ4n) is 2.16. The summed E-state index contributed by atoms with van der Waals surface area (Å²) in [6.45, 7) is 3.34. The van der Waals surface area contributed by atoms with Gasteiger partial charge in [-0.25, -0.2) is 0 Å². The Morgan fingerprint density at radius 1 is 1.33 bits per heavy atom. The molecule has 0 radical (unpaired) electrons. The number of nitrogen functional groups attached to an aromatic ring is 1. The molecule has 1 aliphatic rings. The van der Waals surface area contributed by atoms with Gasteiger partial charge in [0, 0.05) is 6.54 Å². The molecule has 0 heterocycles. The summed E-state index contributed by atoms with van der Waals surface area (Å²) in [7, 11) is 0. The Bertz CT molecular complexity index is 329. The van der Waals surface area contributed by atoms with E-state index in [1.54, 1.807) is 0 Å². The van der Waals surface area contributed by atoms with Gasteiger partial charge in [-0.3, -0.25) is 0 Å². The van der Waals surface area contributed by atoms with Crippen molar-refractivity contribution in [2.75, 3.05) is 17.6 Å². The third kappa shape index (κ3) is 2.44. The molecule has 2 nitrogen and oxygen atoms in total. The Balaban J connectivity index is 1.91. The van der Waals surface area contributed by atoms with Crippen LogP contribution in [0.4, 0.5) is 11.4 Å². The van der Waals surface area contributed by atoms with Crippen molar-refractivity contribution in [1.82, 2.24) is 0 Å². The van der Waals surface area contributed by atoms with Crippen LogP contribution in [0.15, 0.2) is 24.3 Å². The van der Waals surface area contributed by atoms with Gasteiger partial charge in [0.2, 0.25) is 0 Å². The molecular formula is C13H20N2. The number of benzene rings is 1. The minimum atomic E-state index is 0.580. The lowest BCUT2D eigenvalue weighted by Crippen LogP contribution is -2.15. The van der Waals surface area contributed by atoms with Crippen LogP contribution in [0.5, 0.6) is 0 Å². The van der Waals surface area contributed by atoms with E-state index in [4.69, 9.17) is 5.73 Å². The van der Waals surface area contributed by atoms with Gasteiger partial charge in [0.25, 0.3) is 0 Å². The Hall–Kier alpha value is -1.18. The first-order valence-electron chi connectivity index (χ1n) is 5.84. The molecule has 1 saturated carbocycles. The van der Waals surface area contributed by atoms with E-state index in [1.165, 1.54) is 25.7 Å². The minimum Gasteiger partial charge on any atom is -0.397 e. The van der Waals surface area contributed by atoms with Crippen molar-refractivity contribution in [3.63, 3.8) is 0 Å². The molecule has 2 heteroatoms. The number of anilines is 2. The summed E-state index contributed by atoms with van der Waals surface area (Å²) in [5.41, 5.74) is 8.40. The summed E-state index contributed by atoms with van der Waals surface area (Å²) >= 11 is 0. The molecule has 0 aliphatic heterocycles. The normalized spacial score (nSPS) is 17.4. The maximum absolute atomic E-state index is 5.88. The molecule has 1 aromatic rings. The number of hydrogen-bond donors (Lipinski definition) is 2. The third-order valence-electron chi connectivity index (χ3n) is 3.35. The van der Waals surface area contributed by atoms with Crippen molar-refractivity contribution in [3.05, 3.63) is 24.3 Å². The molecule has 82 valence electrons. The number of hydrogen-bond acceptors (Lipinski definition) is 2. The minimum absolute atomic E-state index is 0.580. The first kappa shape index (κ1) is 10.3. The van der Waals surface area contributed by atoms with E-state index in [0.717, 1.165) is 17.9 Å². The van der Waals surface area contributed by atoms with Crippen LogP contribution in [0.3, 0.4) is 0 Å². The smallest absolute Gasteiger partial charge is 0.0574 e. The Morgan fingerprint density at radius 3 is 2.67 bits per heavy atom. The fraction of sp³-hybridized carbons (Fsp3) is 0.538. The highest BCUT2D eigenvalue weighted by molar-refractivity contribution is 5.65. The van der Waals surface area contributed by atoms with Crippen molar-refractivity contribution in [1.29, 1.82) is 0 Å². The molecule has 1 fully saturated rings. The van der Waals surface area contributed by atoms with Crippen LogP contribution < -0.4 is 11.1 Å². The van der Waals surface area contributed by atoms with Crippen LogP contribution in [0.1, 0.15) is 32.6 Å². The molecular weight excluding hydrogens is 184 g/mol. The molecule has 0 bridgehead atoms. The lowest BCUT2D eigenvalue weighted by atomic mass is 10.0. The fourth-order valence-corrected chi connectivity index (χ4v) is 2.16. The van der Waals surface area contributed by atoms with Crippen molar-refractivity contribution in [2.45, 2.75) is 32.6 Å². The Labute approximate surface area is 91.9 Å². The first-order valence-corrected chi connectivity index (χ1v) is 5.84. The van der Waals surface area contributed by atoms with Crippen LogP contribution in [-0.4, -0.2) is 6.54 Å². The van der Waals surface area contributed by atoms with Gasteiger partial charge in [-0.05, 0) is 36.8 Å². The molecule has 0 atom stereocenters. The van der Waals surface area contributed by atoms with E-state index in [9.17, 15) is 0 Å². The lowest BCUT2D eigenvalue weighted by molar-refractivity contribution is 0.486. The highest BCUT2D eigenvalue weighted by atomic mass is 14.9. The average Bonchev–Trinajstić information content (AvgIpc) is 2.98. The number of para-hydroxylation sites is 2. The van der Waals surface area contributed by atoms with E-state index in [2.05, 4.69) is 18.3 Å². The molecule has 0 saturated heterocycles. The zero-order valence-corrected chi connectivity index (χ0v) is 9.42. The van der Waals surface area contributed by atoms with Crippen molar-refractivity contribution in [3.8, 4) is 0 Å². The molecule has 0 unspecified atom stereocenters. The molecule has 15 heavy (non-hydrogen) atoms. The second-order valence-electron chi connectivity index (χ2n) is 4.69. The van der Waals surface area contributed by atoms with Gasteiger partial charge in [-0.1, -0.05) is 25.5 Å². The Morgan fingerprint density at radius 2 is 2.07 bits per heavy atom. The number of nitrogens with one attached hydrogen (secondary N) is 1. The predicted octanol–water partition coefficient (Wildman–Crippen LogP) is 3.26. The van der Waals surface area contributed by atoms with Crippen molar-refractivity contribution in [2.24, 2.45) is 5.41 Å². The molecule has 0 aromatic heterocycles. The summed E-state index contributed by atoms with van der Waals surface area (Å²) in [6.07, 6.45) is 5.37. The summed E-state index contributed by atoms with van der Waals surface area (Å²) in [6, 6.07) is 8.00. The van der Waals surface area contributed by atoms with E-state index in [-0.39, 0.29) is 0 Å². The van der Waals surface area contributed by atoms with Crippen LogP contribution in [0.25, 0.3) is 0 Å². The predicted molar refractivity (Wildman–Crippen MR) is 65.9 cm³/mol. The lowest BCUT2D eigenvalue weighted by Gasteiger charge is -2.16. The molecule has 0 spiro atoms. The van der Waals surface area contributed by atoms with Gasteiger partial charge in [-0.2, -0.15) is 0 Å². The SMILES string of the molecule is CCCC1(CNc2ccccc2N)CC1. The highest BCUT2D eigenvalue weighted by Gasteiger charge is 2.41. The number of nitrogens with two attached hydrogens (primary N) is 1. The average molecular weight is 204 g/mol. The molecule has 3 N–H and O–H groups in total. The summed E-state index contributed by atoms with van der Waals surface area (Å²) in [5, 5.41) is 3.48. The van der Waals surface area contributed by atoms with Crippen LogP contribution in [0.2, 0.25) is 0 Å². The standard InChI is InChI=1S/C13H20N2/c1-2-7-13(8-9-13)10-15-12-6-4-3-5-11(12)14/h3-6,15H,2,7-10,14H2,1H3. The number of rotatable bonds is 5. The van der Waals surface area contributed by atoms with Gasteiger partial charge in [-0.15, -0.1) is 0 Å². The van der Waals surface area contributed by atoms with Gasteiger partial charge < -0.3 is 11.1 Å². The molecule has 1 aliphatic carbocycles. The largest absolute Gasteiger partial charge is 0.397 e. The molecule has 0 amide bonds. The molecule has 2 rings (SSSR count). The summed E-state index contributed by atoms with van der Waals surface area (Å²) in [5.74, 6) is 0. The highest BCUT2D eigenvalue weighted by Crippen LogP contribution is 2.49. The van der Waals surface area contributed by atoms with Crippen molar-refractivity contribution < 1.29 is 0 Å². The van der Waals surface area contributed by atoms with Gasteiger partial charge >= 0.3 is 0 Å². The Kier molecular flexibility index (Phi) is 2.85.